The van der Waals surface area contributed by atoms with Gasteiger partial charge in [0.05, 0.1) is 12.3 Å². The van der Waals surface area contributed by atoms with Gasteiger partial charge in [-0.25, -0.2) is 0 Å². The highest BCUT2D eigenvalue weighted by molar-refractivity contribution is 5.77. The van der Waals surface area contributed by atoms with Crippen LogP contribution in [0.1, 0.15) is 54.5 Å². The number of hydrogen-bond donors (Lipinski definition) is 1. The Morgan fingerprint density at radius 1 is 1.36 bits per heavy atom. The first-order valence-corrected chi connectivity index (χ1v) is 9.22. The van der Waals surface area contributed by atoms with Crippen LogP contribution in [0.4, 0.5) is 0 Å². The van der Waals surface area contributed by atoms with E-state index >= 15 is 0 Å². The summed E-state index contributed by atoms with van der Waals surface area (Å²) in [5.74, 6) is 1.82. The fourth-order valence-corrected chi connectivity index (χ4v) is 4.06. The third kappa shape index (κ3) is 3.41. The molecule has 1 amide bonds. The van der Waals surface area contributed by atoms with E-state index in [-0.39, 0.29) is 11.8 Å². The van der Waals surface area contributed by atoms with Crippen LogP contribution in [0.25, 0.3) is 0 Å². The first-order chi connectivity index (χ1) is 12.2. The predicted molar refractivity (Wildman–Crippen MR) is 95.8 cm³/mol. The summed E-state index contributed by atoms with van der Waals surface area (Å²) in [6.07, 6.45) is 3.64. The van der Waals surface area contributed by atoms with Crippen LogP contribution in [0.3, 0.4) is 0 Å². The van der Waals surface area contributed by atoms with Crippen molar-refractivity contribution in [3.05, 3.63) is 47.3 Å². The van der Waals surface area contributed by atoms with Crippen molar-refractivity contribution in [3.63, 3.8) is 0 Å². The third-order valence-corrected chi connectivity index (χ3v) is 5.42. The molecule has 2 aliphatic rings. The van der Waals surface area contributed by atoms with Crippen molar-refractivity contribution in [1.29, 1.82) is 0 Å². The predicted octanol–water partition coefficient (Wildman–Crippen LogP) is 3.38. The number of ether oxygens (including phenoxy) is 1. The van der Waals surface area contributed by atoms with Crippen molar-refractivity contribution >= 4 is 5.91 Å². The second-order valence-corrected chi connectivity index (χ2v) is 7.23. The minimum absolute atomic E-state index is 0.263. The Labute approximate surface area is 148 Å². The molecule has 2 aromatic rings. The van der Waals surface area contributed by atoms with Gasteiger partial charge in [0.1, 0.15) is 5.75 Å². The molecule has 0 radical (unpaired) electrons. The first-order valence-electron chi connectivity index (χ1n) is 9.22. The smallest absolute Gasteiger partial charge is 0.223 e. The second-order valence-electron chi connectivity index (χ2n) is 7.23. The number of nitrogens with zero attached hydrogens (tertiary/aromatic N) is 2. The van der Waals surface area contributed by atoms with Crippen LogP contribution in [0.15, 0.2) is 30.3 Å². The highest BCUT2D eigenvalue weighted by Gasteiger charge is 2.29. The molecule has 2 atom stereocenters. The number of aryl methyl sites for hydroxylation is 1. The Balaban J connectivity index is 1.43. The first kappa shape index (κ1) is 16.2. The number of rotatable bonds is 3. The quantitative estimate of drug-likeness (QED) is 0.932. The molecule has 1 N–H and O–H groups in total. The van der Waals surface area contributed by atoms with Gasteiger partial charge < -0.3 is 9.64 Å². The van der Waals surface area contributed by atoms with Crippen LogP contribution < -0.4 is 4.74 Å². The van der Waals surface area contributed by atoms with E-state index in [1.807, 2.05) is 30.0 Å². The number of piperidine rings is 1. The molecule has 1 aromatic carbocycles. The molecule has 0 saturated carbocycles. The summed E-state index contributed by atoms with van der Waals surface area (Å²) >= 11 is 0. The Kier molecular flexibility index (Phi) is 4.47. The molecule has 0 spiro atoms. The van der Waals surface area contributed by atoms with E-state index in [2.05, 4.69) is 22.3 Å². The highest BCUT2D eigenvalue weighted by Crippen LogP contribution is 2.36. The van der Waals surface area contributed by atoms with Gasteiger partial charge in [-0.05, 0) is 49.8 Å². The Morgan fingerprint density at radius 3 is 3.08 bits per heavy atom. The zero-order valence-corrected chi connectivity index (χ0v) is 14.7. The Morgan fingerprint density at radius 2 is 2.24 bits per heavy atom. The maximum absolute atomic E-state index is 12.9. The van der Waals surface area contributed by atoms with Gasteiger partial charge in [-0.3, -0.25) is 9.89 Å². The van der Waals surface area contributed by atoms with Crippen molar-refractivity contribution in [2.75, 3.05) is 19.7 Å². The molecule has 3 heterocycles. The summed E-state index contributed by atoms with van der Waals surface area (Å²) in [5, 5.41) is 7.42. The monoisotopic (exact) mass is 339 g/mol. The van der Waals surface area contributed by atoms with Crippen LogP contribution in [0.2, 0.25) is 0 Å². The number of para-hydroxylation sites is 1. The molecule has 132 valence electrons. The summed E-state index contributed by atoms with van der Waals surface area (Å²) in [7, 11) is 0. The van der Waals surface area contributed by atoms with E-state index < -0.39 is 0 Å². The normalized spacial score (nSPS) is 23.0. The van der Waals surface area contributed by atoms with Crippen LogP contribution in [-0.2, 0) is 4.79 Å². The third-order valence-electron chi connectivity index (χ3n) is 5.42. The molecule has 0 aliphatic carbocycles. The zero-order chi connectivity index (χ0) is 17.2. The highest BCUT2D eigenvalue weighted by atomic mass is 16.5. The van der Waals surface area contributed by atoms with E-state index in [0.717, 1.165) is 49.5 Å². The second kappa shape index (κ2) is 6.90. The minimum atomic E-state index is 0.263. The summed E-state index contributed by atoms with van der Waals surface area (Å²) in [6, 6.07) is 10.2. The fourth-order valence-electron chi connectivity index (χ4n) is 4.06. The van der Waals surface area contributed by atoms with Crippen LogP contribution in [-0.4, -0.2) is 40.7 Å². The van der Waals surface area contributed by atoms with Gasteiger partial charge in [0.2, 0.25) is 5.91 Å². The molecule has 1 aromatic heterocycles. The number of benzene rings is 1. The van der Waals surface area contributed by atoms with Gasteiger partial charge in [0, 0.05) is 31.1 Å². The van der Waals surface area contributed by atoms with Crippen molar-refractivity contribution in [1.82, 2.24) is 15.1 Å². The number of aromatic nitrogens is 2. The zero-order valence-electron chi connectivity index (χ0n) is 14.7. The lowest BCUT2D eigenvalue weighted by atomic mass is 9.89. The van der Waals surface area contributed by atoms with E-state index in [1.165, 1.54) is 5.56 Å². The Bertz CT molecular complexity index is 755. The summed E-state index contributed by atoms with van der Waals surface area (Å²) in [6.45, 7) is 4.37. The van der Waals surface area contributed by atoms with Gasteiger partial charge in [-0.15, -0.1) is 0 Å². The molecule has 5 heteroatoms. The van der Waals surface area contributed by atoms with Crippen molar-refractivity contribution < 1.29 is 9.53 Å². The molecule has 1 saturated heterocycles. The molecule has 25 heavy (non-hydrogen) atoms. The van der Waals surface area contributed by atoms with E-state index in [4.69, 9.17) is 4.74 Å². The van der Waals surface area contributed by atoms with Gasteiger partial charge in [-0.2, -0.15) is 5.10 Å². The maximum Gasteiger partial charge on any atom is 0.223 e. The molecular formula is C20H25N3O2. The van der Waals surface area contributed by atoms with Gasteiger partial charge in [-0.1, -0.05) is 18.2 Å². The van der Waals surface area contributed by atoms with Crippen molar-refractivity contribution in [2.24, 2.45) is 0 Å². The maximum atomic E-state index is 12.9. The average Bonchev–Trinajstić information content (AvgIpc) is 3.09. The van der Waals surface area contributed by atoms with Gasteiger partial charge in [0.15, 0.2) is 0 Å². The van der Waals surface area contributed by atoms with Crippen LogP contribution in [0.5, 0.6) is 5.75 Å². The average molecular weight is 339 g/mol. The van der Waals surface area contributed by atoms with E-state index in [9.17, 15) is 4.79 Å². The lowest BCUT2D eigenvalue weighted by Gasteiger charge is -2.34. The van der Waals surface area contributed by atoms with E-state index in [0.29, 0.717) is 18.9 Å². The molecule has 0 bridgehead atoms. The number of nitrogens with one attached hydrogen (secondary N) is 1. The number of carbonyl (C=O) groups is 1. The number of fused-ring (bicyclic) bond motifs is 1. The number of hydrogen-bond acceptors (Lipinski definition) is 3. The van der Waals surface area contributed by atoms with E-state index in [1.54, 1.807) is 0 Å². The lowest BCUT2D eigenvalue weighted by molar-refractivity contribution is -0.133. The standard InChI is InChI=1S/C20H25N3O2/c1-14-11-18(22-21-14)16-5-4-9-23(13-16)20(24)12-15-8-10-25-19-7-3-2-6-17(15)19/h2-3,6-7,11,15-16H,4-5,8-10,12-13H2,1H3,(H,21,22)/t15-,16-/m0/s1. The number of likely N-dealkylation sites (tertiary alicyclic amines) is 1. The summed E-state index contributed by atoms with van der Waals surface area (Å²) in [5.41, 5.74) is 3.35. The molecule has 1 fully saturated rings. The SMILES string of the molecule is Cc1cc([C@H]2CCCN(C(=O)C[C@@H]3CCOc4ccccc43)C2)n[nH]1. The molecule has 0 unspecified atom stereocenters. The Hall–Kier alpha value is -2.30. The summed E-state index contributed by atoms with van der Waals surface area (Å²) in [4.78, 5) is 15.0. The lowest BCUT2D eigenvalue weighted by Crippen LogP contribution is -2.40. The number of aromatic amines is 1. The number of amides is 1. The molecule has 5 nitrogen and oxygen atoms in total. The number of H-pyrrole nitrogens is 1. The molecule has 4 rings (SSSR count). The molecule has 2 aliphatic heterocycles. The van der Waals surface area contributed by atoms with Crippen LogP contribution >= 0.6 is 0 Å². The van der Waals surface area contributed by atoms with Crippen molar-refractivity contribution in [2.45, 2.75) is 44.4 Å². The number of carbonyl (C=O) groups excluding carboxylic acids is 1. The van der Waals surface area contributed by atoms with Gasteiger partial charge in [0.25, 0.3) is 0 Å². The topological polar surface area (TPSA) is 58.2 Å². The molecular weight excluding hydrogens is 314 g/mol. The fraction of sp³-hybridized carbons (Fsp3) is 0.500. The minimum Gasteiger partial charge on any atom is -0.493 e. The van der Waals surface area contributed by atoms with Gasteiger partial charge >= 0.3 is 0 Å². The largest absolute Gasteiger partial charge is 0.493 e. The summed E-state index contributed by atoms with van der Waals surface area (Å²) < 4.78 is 5.72. The van der Waals surface area contributed by atoms with Crippen LogP contribution in [0, 0.1) is 6.92 Å². The van der Waals surface area contributed by atoms with Crippen molar-refractivity contribution in [3.8, 4) is 5.75 Å².